The van der Waals surface area contributed by atoms with Crippen LogP contribution in [0.4, 0.5) is 0 Å². The summed E-state index contributed by atoms with van der Waals surface area (Å²) in [5.74, 6) is 1.63. The fourth-order valence-electron chi connectivity index (χ4n) is 4.47. The molecule has 0 aliphatic carbocycles. The second-order valence-corrected chi connectivity index (χ2v) is 10.1. The van der Waals surface area contributed by atoms with E-state index in [2.05, 4.69) is 4.99 Å². The lowest BCUT2D eigenvalue weighted by atomic mass is 9.95. The molecule has 0 unspecified atom stereocenters. The first kappa shape index (κ1) is 26.5. The average molecular weight is 565 g/mol. The summed E-state index contributed by atoms with van der Waals surface area (Å²) in [5.41, 5.74) is 1.82. The van der Waals surface area contributed by atoms with Gasteiger partial charge in [-0.3, -0.25) is 9.36 Å². The predicted octanol–water partition coefficient (Wildman–Crippen LogP) is 4.73. The van der Waals surface area contributed by atoms with Gasteiger partial charge < -0.3 is 18.6 Å². The first-order chi connectivity index (χ1) is 18.8. The summed E-state index contributed by atoms with van der Waals surface area (Å²) in [6.45, 7) is 3.64. The number of thiazole rings is 1. The smallest absolute Gasteiger partial charge is 0.338 e. The van der Waals surface area contributed by atoms with Crippen LogP contribution < -0.4 is 24.4 Å². The number of allylic oxidation sites excluding steroid dienone is 1. The molecular formula is C29H25ClN2O6S. The van der Waals surface area contributed by atoms with Gasteiger partial charge in [0.15, 0.2) is 4.80 Å². The molecule has 8 nitrogen and oxygen atoms in total. The second kappa shape index (κ2) is 11.0. The minimum atomic E-state index is -0.839. The maximum absolute atomic E-state index is 13.9. The standard InChI is InChI=1S/C29H25ClN2O6S/c1-5-37-28(34)25-16(2)31-29-32(26(25)21-14-19(35-3)10-13-23(21)36-4)27(33)24(39-29)15-20-11-12-22(38-20)17-6-8-18(30)9-7-17/h6-15,26H,5H2,1-4H3/b24-15+/t26-/m0/s1. The van der Waals surface area contributed by atoms with E-state index in [-0.39, 0.29) is 17.7 Å². The van der Waals surface area contributed by atoms with Crippen LogP contribution in [0.5, 0.6) is 11.5 Å². The highest BCUT2D eigenvalue weighted by Gasteiger charge is 2.35. The van der Waals surface area contributed by atoms with Gasteiger partial charge in [-0.2, -0.15) is 0 Å². The van der Waals surface area contributed by atoms with Crippen LogP contribution in [-0.2, 0) is 9.53 Å². The molecule has 1 aliphatic rings. The molecule has 4 aromatic rings. The normalized spacial score (nSPS) is 15.1. The lowest BCUT2D eigenvalue weighted by molar-refractivity contribution is -0.139. The number of rotatable bonds is 7. The molecule has 5 rings (SSSR count). The Morgan fingerprint density at radius 1 is 1.13 bits per heavy atom. The number of carbonyl (C=O) groups excluding carboxylic acids is 1. The van der Waals surface area contributed by atoms with E-state index in [1.807, 2.05) is 18.2 Å². The summed E-state index contributed by atoms with van der Waals surface area (Å²) in [6, 6.07) is 15.3. The fourth-order valence-corrected chi connectivity index (χ4v) is 5.62. The van der Waals surface area contributed by atoms with Crippen LogP contribution in [0.1, 0.15) is 31.2 Å². The van der Waals surface area contributed by atoms with Crippen molar-refractivity contribution in [3.63, 3.8) is 0 Å². The minimum Gasteiger partial charge on any atom is -0.497 e. The number of furan rings is 1. The Labute approximate surface area is 233 Å². The molecule has 0 bridgehead atoms. The molecule has 1 atom stereocenters. The van der Waals surface area contributed by atoms with E-state index >= 15 is 0 Å². The Morgan fingerprint density at radius 2 is 1.90 bits per heavy atom. The maximum Gasteiger partial charge on any atom is 0.338 e. The molecule has 10 heteroatoms. The van der Waals surface area contributed by atoms with Gasteiger partial charge in [-0.05, 0) is 68.4 Å². The third kappa shape index (κ3) is 5.03. The number of benzene rings is 2. The van der Waals surface area contributed by atoms with Gasteiger partial charge >= 0.3 is 5.97 Å². The molecule has 2 aromatic carbocycles. The van der Waals surface area contributed by atoms with Crippen molar-refractivity contribution in [1.29, 1.82) is 0 Å². The Kier molecular flexibility index (Phi) is 7.45. The van der Waals surface area contributed by atoms with Crippen molar-refractivity contribution < 1.29 is 23.4 Å². The van der Waals surface area contributed by atoms with Crippen LogP contribution in [0.15, 0.2) is 80.1 Å². The van der Waals surface area contributed by atoms with Crippen molar-refractivity contribution in [2.24, 2.45) is 4.99 Å². The number of fused-ring (bicyclic) bond motifs is 1. The molecule has 0 saturated carbocycles. The zero-order valence-corrected chi connectivity index (χ0v) is 23.3. The molecule has 0 fully saturated rings. The highest BCUT2D eigenvalue weighted by molar-refractivity contribution is 7.07. The number of esters is 1. The molecule has 1 aliphatic heterocycles. The van der Waals surface area contributed by atoms with Gasteiger partial charge in [-0.25, -0.2) is 9.79 Å². The first-order valence-electron chi connectivity index (χ1n) is 12.1. The maximum atomic E-state index is 13.9. The summed E-state index contributed by atoms with van der Waals surface area (Å²) in [7, 11) is 3.08. The third-order valence-corrected chi connectivity index (χ3v) is 7.51. The van der Waals surface area contributed by atoms with Crippen molar-refractivity contribution >= 4 is 35.0 Å². The third-order valence-electron chi connectivity index (χ3n) is 6.28. The number of ether oxygens (including phenoxy) is 3. The van der Waals surface area contributed by atoms with Crippen LogP contribution in [0.2, 0.25) is 5.02 Å². The summed E-state index contributed by atoms with van der Waals surface area (Å²) >= 11 is 7.21. The number of nitrogens with zero attached hydrogens (tertiary/aromatic N) is 2. The number of methoxy groups -OCH3 is 2. The van der Waals surface area contributed by atoms with Crippen LogP contribution >= 0.6 is 22.9 Å². The van der Waals surface area contributed by atoms with Crippen LogP contribution in [-0.4, -0.2) is 31.4 Å². The second-order valence-electron chi connectivity index (χ2n) is 8.62. The predicted molar refractivity (Wildman–Crippen MR) is 149 cm³/mol. The van der Waals surface area contributed by atoms with E-state index in [0.717, 1.165) is 5.56 Å². The molecular weight excluding hydrogens is 540 g/mol. The molecule has 39 heavy (non-hydrogen) atoms. The van der Waals surface area contributed by atoms with E-state index in [1.165, 1.54) is 23.0 Å². The molecule has 0 amide bonds. The molecule has 0 saturated heterocycles. The first-order valence-corrected chi connectivity index (χ1v) is 13.3. The van der Waals surface area contributed by atoms with Crippen LogP contribution in [0.3, 0.4) is 0 Å². The van der Waals surface area contributed by atoms with Gasteiger partial charge in [0.1, 0.15) is 29.1 Å². The molecule has 0 radical (unpaired) electrons. The van der Waals surface area contributed by atoms with E-state index in [9.17, 15) is 9.59 Å². The van der Waals surface area contributed by atoms with E-state index in [4.69, 9.17) is 30.2 Å². The van der Waals surface area contributed by atoms with Crippen molar-refractivity contribution in [2.75, 3.05) is 20.8 Å². The number of halogens is 1. The van der Waals surface area contributed by atoms with Gasteiger partial charge in [0.2, 0.25) is 0 Å². The van der Waals surface area contributed by atoms with E-state index in [1.54, 1.807) is 63.4 Å². The van der Waals surface area contributed by atoms with Gasteiger partial charge in [0, 0.05) is 22.2 Å². The quantitative estimate of drug-likeness (QED) is 0.301. The molecule has 3 heterocycles. The Bertz CT molecular complexity index is 1760. The van der Waals surface area contributed by atoms with Crippen molar-refractivity contribution in [3.05, 3.63) is 102 Å². The Balaban J connectivity index is 1.68. The number of hydrogen-bond acceptors (Lipinski definition) is 8. The van der Waals surface area contributed by atoms with Crippen LogP contribution in [0, 0.1) is 0 Å². The highest BCUT2D eigenvalue weighted by atomic mass is 35.5. The molecule has 200 valence electrons. The lowest BCUT2D eigenvalue weighted by Gasteiger charge is -2.26. The summed E-state index contributed by atoms with van der Waals surface area (Å²) in [5, 5.41) is 0.631. The minimum absolute atomic E-state index is 0.177. The van der Waals surface area contributed by atoms with Crippen molar-refractivity contribution in [1.82, 2.24) is 4.57 Å². The van der Waals surface area contributed by atoms with E-state index < -0.39 is 12.0 Å². The molecule has 0 spiro atoms. The van der Waals surface area contributed by atoms with Gasteiger partial charge in [-0.15, -0.1) is 0 Å². The zero-order chi connectivity index (χ0) is 27.7. The van der Waals surface area contributed by atoms with Gasteiger partial charge in [0.25, 0.3) is 5.56 Å². The number of carbonyl (C=O) groups is 1. The van der Waals surface area contributed by atoms with E-state index in [0.29, 0.717) is 48.6 Å². The van der Waals surface area contributed by atoms with Crippen LogP contribution in [0.25, 0.3) is 17.4 Å². The number of hydrogen-bond donors (Lipinski definition) is 0. The van der Waals surface area contributed by atoms with Gasteiger partial charge in [-0.1, -0.05) is 22.9 Å². The summed E-state index contributed by atoms with van der Waals surface area (Å²) in [6.07, 6.45) is 1.67. The summed E-state index contributed by atoms with van der Waals surface area (Å²) < 4.78 is 24.3. The zero-order valence-electron chi connectivity index (χ0n) is 21.7. The Hall–Kier alpha value is -4.08. The average Bonchev–Trinajstić information content (AvgIpc) is 3.52. The Morgan fingerprint density at radius 3 is 2.59 bits per heavy atom. The number of aromatic nitrogens is 1. The molecule has 0 N–H and O–H groups in total. The molecule has 2 aromatic heterocycles. The highest BCUT2D eigenvalue weighted by Crippen LogP contribution is 2.37. The van der Waals surface area contributed by atoms with Gasteiger partial charge in [0.05, 0.1) is 36.6 Å². The summed E-state index contributed by atoms with van der Waals surface area (Å²) in [4.78, 5) is 32.1. The topological polar surface area (TPSA) is 92.3 Å². The van der Waals surface area contributed by atoms with Crippen molar-refractivity contribution in [3.8, 4) is 22.8 Å². The fraction of sp³-hybridized carbons (Fsp3) is 0.207. The lowest BCUT2D eigenvalue weighted by Crippen LogP contribution is -2.40. The largest absolute Gasteiger partial charge is 0.497 e. The van der Waals surface area contributed by atoms with Crippen molar-refractivity contribution in [2.45, 2.75) is 19.9 Å². The monoisotopic (exact) mass is 564 g/mol. The SMILES string of the molecule is CCOC(=O)C1=C(C)N=c2s/c(=C/c3ccc(-c4ccc(Cl)cc4)o3)c(=O)n2[C@H]1c1cc(OC)ccc1OC.